The number of hydrogen-bond donors (Lipinski definition) is 2. The molecule has 5 aliphatic rings. The number of nitrogens with one attached hydrogen (secondary N) is 2. The molecular weight excluding hydrogens is 262 g/mol. The first-order chi connectivity index (χ1) is 10.3. The molecule has 4 saturated carbocycles. The van der Waals surface area contributed by atoms with E-state index in [-0.39, 0.29) is 6.04 Å². The van der Waals surface area contributed by atoms with Crippen LogP contribution < -0.4 is 5.32 Å². The summed E-state index contributed by atoms with van der Waals surface area (Å²) in [7, 11) is 0. The van der Waals surface area contributed by atoms with Crippen molar-refractivity contribution in [1.29, 1.82) is 0 Å². The number of aromatic nitrogens is 2. The lowest BCUT2D eigenvalue weighted by Gasteiger charge is -2.56. The van der Waals surface area contributed by atoms with Crippen molar-refractivity contribution >= 4 is 0 Å². The predicted octanol–water partition coefficient (Wildman–Crippen LogP) is 2.54. The second-order valence-corrected chi connectivity index (χ2v) is 7.96. The van der Waals surface area contributed by atoms with Crippen molar-refractivity contribution in [3.63, 3.8) is 0 Å². The second kappa shape index (κ2) is 4.56. The van der Waals surface area contributed by atoms with Gasteiger partial charge in [-0.3, -0.25) is 0 Å². The molecule has 2 heterocycles. The van der Waals surface area contributed by atoms with Crippen LogP contribution in [0.4, 0.5) is 0 Å². The van der Waals surface area contributed by atoms with Crippen LogP contribution in [0.5, 0.6) is 0 Å². The summed E-state index contributed by atoms with van der Waals surface area (Å²) in [5, 5.41) is 3.50. The van der Waals surface area contributed by atoms with E-state index in [9.17, 15) is 0 Å². The van der Waals surface area contributed by atoms with E-state index in [0.717, 1.165) is 43.3 Å². The monoisotopic (exact) mass is 287 g/mol. The SMILES string of the molecule is c1nc(C2COCCN2)[nH]c1C12CC3CC(CC(C3)C1)C2. The van der Waals surface area contributed by atoms with Gasteiger partial charge in [0.15, 0.2) is 0 Å². The third-order valence-electron chi connectivity index (χ3n) is 6.46. The highest BCUT2D eigenvalue weighted by Crippen LogP contribution is 2.60. The Balaban J connectivity index is 1.44. The van der Waals surface area contributed by atoms with E-state index in [4.69, 9.17) is 9.72 Å². The Morgan fingerprint density at radius 2 is 1.81 bits per heavy atom. The number of ether oxygens (including phenoxy) is 1. The predicted molar refractivity (Wildman–Crippen MR) is 80.0 cm³/mol. The Morgan fingerprint density at radius 3 is 2.43 bits per heavy atom. The van der Waals surface area contributed by atoms with Crippen molar-refractivity contribution in [2.24, 2.45) is 17.8 Å². The van der Waals surface area contributed by atoms with Crippen molar-refractivity contribution in [2.45, 2.75) is 50.0 Å². The highest BCUT2D eigenvalue weighted by atomic mass is 16.5. The van der Waals surface area contributed by atoms with Gasteiger partial charge < -0.3 is 15.0 Å². The fraction of sp³-hybridized carbons (Fsp3) is 0.824. The molecule has 0 aromatic carbocycles. The van der Waals surface area contributed by atoms with Gasteiger partial charge in [0.25, 0.3) is 0 Å². The van der Waals surface area contributed by atoms with Crippen LogP contribution in [-0.2, 0) is 10.2 Å². The smallest absolute Gasteiger partial charge is 0.125 e. The number of hydrogen-bond acceptors (Lipinski definition) is 3. The molecule has 1 aliphatic heterocycles. The molecule has 0 radical (unpaired) electrons. The van der Waals surface area contributed by atoms with Gasteiger partial charge in [-0.2, -0.15) is 0 Å². The van der Waals surface area contributed by atoms with E-state index in [1.165, 1.54) is 44.2 Å². The molecule has 0 amide bonds. The fourth-order valence-corrected chi connectivity index (χ4v) is 5.96. The zero-order valence-corrected chi connectivity index (χ0v) is 12.6. The van der Waals surface area contributed by atoms with E-state index in [1.807, 2.05) is 0 Å². The topological polar surface area (TPSA) is 49.9 Å². The van der Waals surface area contributed by atoms with E-state index in [2.05, 4.69) is 16.5 Å². The molecule has 4 nitrogen and oxygen atoms in total. The molecule has 114 valence electrons. The summed E-state index contributed by atoms with van der Waals surface area (Å²) < 4.78 is 5.57. The lowest BCUT2D eigenvalue weighted by atomic mass is 9.49. The van der Waals surface area contributed by atoms with Crippen molar-refractivity contribution in [1.82, 2.24) is 15.3 Å². The summed E-state index contributed by atoms with van der Waals surface area (Å²) >= 11 is 0. The van der Waals surface area contributed by atoms with Gasteiger partial charge in [0.2, 0.25) is 0 Å². The minimum Gasteiger partial charge on any atom is -0.378 e. The molecule has 1 aromatic rings. The van der Waals surface area contributed by atoms with Crippen LogP contribution in [-0.4, -0.2) is 29.7 Å². The normalized spacial score (nSPS) is 45.1. The van der Waals surface area contributed by atoms with Gasteiger partial charge in [-0.25, -0.2) is 4.98 Å². The molecule has 21 heavy (non-hydrogen) atoms. The molecule has 4 heteroatoms. The highest BCUT2D eigenvalue weighted by Gasteiger charge is 2.52. The molecule has 1 unspecified atom stereocenters. The van der Waals surface area contributed by atoms with Crippen molar-refractivity contribution < 1.29 is 4.74 Å². The molecule has 1 saturated heterocycles. The number of aromatic amines is 1. The first kappa shape index (κ1) is 12.7. The number of imidazole rings is 1. The summed E-state index contributed by atoms with van der Waals surface area (Å²) in [5.41, 5.74) is 1.85. The minimum absolute atomic E-state index is 0.251. The molecule has 1 atom stereocenters. The molecule has 2 N–H and O–H groups in total. The van der Waals surface area contributed by atoms with Crippen molar-refractivity contribution in [3.05, 3.63) is 17.7 Å². The van der Waals surface area contributed by atoms with Gasteiger partial charge in [-0.05, 0) is 56.3 Å². The fourth-order valence-electron chi connectivity index (χ4n) is 5.96. The molecule has 5 fully saturated rings. The minimum atomic E-state index is 0.251. The Labute approximate surface area is 126 Å². The van der Waals surface area contributed by atoms with Gasteiger partial charge in [-0.15, -0.1) is 0 Å². The lowest BCUT2D eigenvalue weighted by Crippen LogP contribution is -2.48. The maximum Gasteiger partial charge on any atom is 0.125 e. The Bertz CT molecular complexity index is 497. The van der Waals surface area contributed by atoms with Crippen LogP contribution in [0, 0.1) is 17.8 Å². The average molecular weight is 287 g/mol. The molecular formula is C17H25N3O. The quantitative estimate of drug-likeness (QED) is 0.879. The zero-order valence-electron chi connectivity index (χ0n) is 12.6. The van der Waals surface area contributed by atoms with Gasteiger partial charge in [0.05, 0.1) is 19.3 Å². The average Bonchev–Trinajstić information content (AvgIpc) is 2.97. The summed E-state index contributed by atoms with van der Waals surface area (Å²) in [6.45, 7) is 2.49. The van der Waals surface area contributed by atoms with Crippen LogP contribution in [0.25, 0.3) is 0 Å². The van der Waals surface area contributed by atoms with Gasteiger partial charge >= 0.3 is 0 Å². The van der Waals surface area contributed by atoms with Gasteiger partial charge in [0.1, 0.15) is 5.82 Å². The van der Waals surface area contributed by atoms with E-state index in [1.54, 1.807) is 0 Å². The van der Waals surface area contributed by atoms with Crippen molar-refractivity contribution in [3.8, 4) is 0 Å². The molecule has 4 bridgehead atoms. The largest absolute Gasteiger partial charge is 0.378 e. The summed E-state index contributed by atoms with van der Waals surface area (Å²) in [5.74, 6) is 4.04. The summed E-state index contributed by atoms with van der Waals surface area (Å²) in [4.78, 5) is 8.39. The first-order valence-corrected chi connectivity index (χ1v) is 8.67. The van der Waals surface area contributed by atoms with E-state index in [0.29, 0.717) is 5.41 Å². The zero-order chi connectivity index (χ0) is 13.9. The number of nitrogens with zero attached hydrogens (tertiary/aromatic N) is 1. The van der Waals surface area contributed by atoms with Gasteiger partial charge in [0, 0.05) is 23.9 Å². The summed E-state index contributed by atoms with van der Waals surface area (Å²) in [6, 6.07) is 0.251. The van der Waals surface area contributed by atoms with E-state index < -0.39 is 0 Å². The van der Waals surface area contributed by atoms with Crippen LogP contribution in [0.1, 0.15) is 56.1 Å². The van der Waals surface area contributed by atoms with E-state index >= 15 is 0 Å². The third-order valence-corrected chi connectivity index (χ3v) is 6.46. The molecule has 6 rings (SSSR count). The van der Waals surface area contributed by atoms with Crippen LogP contribution >= 0.6 is 0 Å². The first-order valence-electron chi connectivity index (χ1n) is 8.67. The number of rotatable bonds is 2. The van der Waals surface area contributed by atoms with Crippen molar-refractivity contribution in [2.75, 3.05) is 19.8 Å². The highest BCUT2D eigenvalue weighted by molar-refractivity contribution is 5.23. The lowest BCUT2D eigenvalue weighted by molar-refractivity contribution is -0.00715. The van der Waals surface area contributed by atoms with Crippen LogP contribution in [0.2, 0.25) is 0 Å². The van der Waals surface area contributed by atoms with Gasteiger partial charge in [-0.1, -0.05) is 0 Å². The Kier molecular flexibility index (Phi) is 2.75. The van der Waals surface area contributed by atoms with Crippen LogP contribution in [0.3, 0.4) is 0 Å². The maximum absolute atomic E-state index is 5.57. The number of morpholine rings is 1. The maximum atomic E-state index is 5.57. The van der Waals surface area contributed by atoms with Crippen LogP contribution in [0.15, 0.2) is 6.20 Å². The molecule has 4 aliphatic carbocycles. The molecule has 1 aromatic heterocycles. The Morgan fingerprint density at radius 1 is 1.10 bits per heavy atom. The molecule has 0 spiro atoms. The standard InChI is InChI=1S/C17H25N3O/c1-2-21-10-14(18-1)16-19-9-15(20-16)17-6-11-3-12(7-17)5-13(4-11)8-17/h9,11-14,18H,1-8,10H2,(H,19,20). The summed E-state index contributed by atoms with van der Waals surface area (Å²) in [6.07, 6.45) is 10.8. The Hall–Kier alpha value is -0.870. The number of H-pyrrole nitrogens is 1. The third kappa shape index (κ3) is 1.99. The second-order valence-electron chi connectivity index (χ2n) is 7.96.